The SMILES string of the molecule is CC(C)C(NC(=O)OC(C)(C)C)C(=O)OCC1C2OC(C)(C)OC2C(c2c[nH]c3c(N)ncnc23)N1C(=O)OC(C)(C)C. The third kappa shape index (κ3) is 7.12. The van der Waals surface area contributed by atoms with E-state index in [1.165, 1.54) is 11.2 Å². The number of rotatable bonds is 6. The summed E-state index contributed by atoms with van der Waals surface area (Å²) in [6.45, 7) is 17.3. The first-order valence-electron chi connectivity index (χ1n) is 14.4. The zero-order valence-electron chi connectivity index (χ0n) is 26.5. The van der Waals surface area contributed by atoms with Gasteiger partial charge in [-0.1, -0.05) is 13.8 Å². The van der Waals surface area contributed by atoms with Crippen LogP contribution in [0, 0.1) is 5.92 Å². The van der Waals surface area contributed by atoms with Crippen molar-refractivity contribution in [2.45, 2.75) is 117 Å². The van der Waals surface area contributed by atoms with Gasteiger partial charge in [-0.2, -0.15) is 0 Å². The summed E-state index contributed by atoms with van der Waals surface area (Å²) in [5, 5.41) is 2.60. The standard InChI is InChI=1S/C29H44N6O8/c1-14(2)17(34-25(37)42-27(3,4)5)24(36)39-12-16-21-22(41-29(9,10)40-21)20(35(16)26(38)43-28(6,7)8)15-11-31-19-18(15)32-13-33-23(19)30/h11,13-14,16-17,20-22,31H,12H2,1-10H3,(H,34,37)(H2,30,32,33). The highest BCUT2D eigenvalue weighted by Crippen LogP contribution is 2.49. The van der Waals surface area contributed by atoms with E-state index in [0.717, 1.165) is 0 Å². The van der Waals surface area contributed by atoms with Crippen LogP contribution in [-0.2, 0) is 28.5 Å². The molecule has 0 aromatic carbocycles. The first-order chi connectivity index (χ1) is 19.8. The Morgan fingerprint density at radius 3 is 2.30 bits per heavy atom. The molecule has 4 rings (SSSR count). The van der Waals surface area contributed by atoms with Gasteiger partial charge in [0.1, 0.15) is 47.9 Å². The van der Waals surface area contributed by atoms with Crippen LogP contribution in [0.1, 0.15) is 80.8 Å². The van der Waals surface area contributed by atoms with Crippen molar-refractivity contribution in [3.63, 3.8) is 0 Å². The molecular weight excluding hydrogens is 560 g/mol. The van der Waals surface area contributed by atoms with E-state index in [1.807, 2.05) is 0 Å². The molecule has 5 atom stereocenters. The Morgan fingerprint density at radius 1 is 1.07 bits per heavy atom. The fourth-order valence-electron chi connectivity index (χ4n) is 5.34. The average Bonchev–Trinajstić information content (AvgIpc) is 3.48. The minimum atomic E-state index is -0.997. The third-order valence-corrected chi connectivity index (χ3v) is 6.95. The number of aromatic amines is 1. The van der Waals surface area contributed by atoms with E-state index < -0.39 is 65.5 Å². The van der Waals surface area contributed by atoms with Crippen molar-refractivity contribution in [2.75, 3.05) is 12.3 Å². The summed E-state index contributed by atoms with van der Waals surface area (Å²) in [4.78, 5) is 52.7. The molecule has 14 nitrogen and oxygen atoms in total. The predicted molar refractivity (Wildman–Crippen MR) is 156 cm³/mol. The number of nitrogen functional groups attached to an aromatic ring is 1. The van der Waals surface area contributed by atoms with Crippen molar-refractivity contribution in [3.8, 4) is 0 Å². The van der Waals surface area contributed by atoms with Crippen LogP contribution in [-0.4, -0.2) is 85.9 Å². The number of alkyl carbamates (subject to hydrolysis) is 1. The number of nitrogens with zero attached hydrogens (tertiary/aromatic N) is 3. The fraction of sp³-hybridized carbons (Fsp3) is 0.690. The van der Waals surface area contributed by atoms with Crippen molar-refractivity contribution >= 4 is 35.0 Å². The summed E-state index contributed by atoms with van der Waals surface area (Å²) in [7, 11) is 0. The van der Waals surface area contributed by atoms with E-state index in [4.69, 9.17) is 29.4 Å². The maximum Gasteiger partial charge on any atom is 0.411 e. The Bertz CT molecular complexity index is 1360. The van der Waals surface area contributed by atoms with Crippen LogP contribution >= 0.6 is 0 Å². The lowest BCUT2D eigenvalue weighted by molar-refractivity contribution is -0.172. The molecule has 4 N–H and O–H groups in total. The minimum absolute atomic E-state index is 0.251. The van der Waals surface area contributed by atoms with Crippen molar-refractivity contribution in [3.05, 3.63) is 18.1 Å². The highest BCUT2D eigenvalue weighted by atomic mass is 16.8. The van der Waals surface area contributed by atoms with Crippen LogP contribution in [0.15, 0.2) is 12.5 Å². The van der Waals surface area contributed by atoms with Gasteiger partial charge in [0.25, 0.3) is 0 Å². The number of esters is 1. The molecule has 5 unspecified atom stereocenters. The number of amides is 2. The maximum atomic E-state index is 13.8. The van der Waals surface area contributed by atoms with E-state index in [9.17, 15) is 14.4 Å². The second-order valence-electron chi connectivity index (χ2n) is 13.7. The van der Waals surface area contributed by atoms with Crippen LogP contribution in [0.25, 0.3) is 11.0 Å². The highest BCUT2D eigenvalue weighted by molar-refractivity contribution is 5.88. The Morgan fingerprint density at radius 2 is 1.70 bits per heavy atom. The zero-order valence-corrected chi connectivity index (χ0v) is 26.5. The van der Waals surface area contributed by atoms with Gasteiger partial charge >= 0.3 is 18.2 Å². The van der Waals surface area contributed by atoms with Gasteiger partial charge in [-0.25, -0.2) is 24.4 Å². The number of carbonyl (C=O) groups is 3. The Kier molecular flexibility index (Phi) is 8.59. The molecule has 2 aromatic heterocycles. The molecular formula is C29H44N6O8. The number of H-pyrrole nitrogens is 1. The highest BCUT2D eigenvalue weighted by Gasteiger charge is 2.61. The normalized spacial score (nSPS) is 24.1. The number of fused-ring (bicyclic) bond motifs is 2. The molecule has 2 aliphatic rings. The summed E-state index contributed by atoms with van der Waals surface area (Å²) >= 11 is 0. The summed E-state index contributed by atoms with van der Waals surface area (Å²) in [6, 6.07) is -2.55. The van der Waals surface area contributed by atoms with Gasteiger partial charge in [0.05, 0.1) is 17.6 Å². The van der Waals surface area contributed by atoms with E-state index in [2.05, 4.69) is 20.3 Å². The zero-order chi connectivity index (χ0) is 32.1. The molecule has 2 aliphatic heterocycles. The molecule has 2 fully saturated rings. The Balaban J connectivity index is 1.68. The number of hydrogen-bond donors (Lipinski definition) is 3. The molecule has 0 saturated carbocycles. The van der Waals surface area contributed by atoms with E-state index in [-0.39, 0.29) is 18.3 Å². The first-order valence-corrected chi connectivity index (χ1v) is 14.4. The molecule has 0 aliphatic carbocycles. The molecule has 14 heteroatoms. The van der Waals surface area contributed by atoms with Gasteiger partial charge in [-0.3, -0.25) is 4.90 Å². The monoisotopic (exact) mass is 604 g/mol. The Labute approximate surface area is 251 Å². The second kappa shape index (κ2) is 11.5. The van der Waals surface area contributed by atoms with E-state index in [0.29, 0.717) is 16.6 Å². The second-order valence-corrected chi connectivity index (χ2v) is 13.7. The lowest BCUT2D eigenvalue weighted by atomic mass is 10.0. The van der Waals surface area contributed by atoms with Crippen LogP contribution < -0.4 is 11.1 Å². The number of anilines is 1. The fourth-order valence-corrected chi connectivity index (χ4v) is 5.34. The average molecular weight is 605 g/mol. The van der Waals surface area contributed by atoms with Gasteiger partial charge in [-0.15, -0.1) is 0 Å². The quantitative estimate of drug-likeness (QED) is 0.322. The van der Waals surface area contributed by atoms with Crippen molar-refractivity contribution < 1.29 is 38.1 Å². The van der Waals surface area contributed by atoms with Crippen LogP contribution in [0.5, 0.6) is 0 Å². The largest absolute Gasteiger partial charge is 0.462 e. The van der Waals surface area contributed by atoms with Crippen molar-refractivity contribution in [1.29, 1.82) is 0 Å². The number of nitrogens with one attached hydrogen (secondary N) is 2. The van der Waals surface area contributed by atoms with Gasteiger partial charge in [-0.05, 0) is 61.3 Å². The van der Waals surface area contributed by atoms with Gasteiger partial charge in [0.15, 0.2) is 11.6 Å². The molecule has 0 spiro atoms. The van der Waals surface area contributed by atoms with E-state index in [1.54, 1.807) is 75.4 Å². The molecule has 2 aromatic rings. The van der Waals surface area contributed by atoms with Gasteiger partial charge in [0, 0.05) is 11.8 Å². The van der Waals surface area contributed by atoms with Crippen molar-refractivity contribution in [1.82, 2.24) is 25.2 Å². The van der Waals surface area contributed by atoms with Crippen LogP contribution in [0.2, 0.25) is 0 Å². The number of nitrogens with two attached hydrogens (primary N) is 1. The lowest BCUT2D eigenvalue weighted by Gasteiger charge is -2.35. The first kappa shape index (κ1) is 32.3. The van der Waals surface area contributed by atoms with Crippen LogP contribution in [0.3, 0.4) is 0 Å². The molecule has 2 amide bonds. The van der Waals surface area contributed by atoms with Gasteiger partial charge < -0.3 is 39.7 Å². The van der Waals surface area contributed by atoms with Crippen molar-refractivity contribution in [2.24, 2.45) is 5.92 Å². The third-order valence-electron chi connectivity index (χ3n) is 6.95. The molecule has 2 saturated heterocycles. The number of ether oxygens (including phenoxy) is 5. The molecule has 0 bridgehead atoms. The number of aromatic nitrogens is 3. The minimum Gasteiger partial charge on any atom is -0.462 e. The lowest BCUT2D eigenvalue weighted by Crippen LogP contribution is -2.50. The molecule has 238 valence electrons. The van der Waals surface area contributed by atoms with E-state index >= 15 is 0 Å². The topological polar surface area (TPSA) is 180 Å². The smallest absolute Gasteiger partial charge is 0.411 e. The predicted octanol–water partition coefficient (Wildman–Crippen LogP) is 3.81. The number of hydrogen-bond acceptors (Lipinski definition) is 11. The van der Waals surface area contributed by atoms with Crippen LogP contribution in [0.4, 0.5) is 15.4 Å². The summed E-state index contributed by atoms with van der Waals surface area (Å²) in [5.74, 6) is -1.74. The summed E-state index contributed by atoms with van der Waals surface area (Å²) < 4.78 is 29.6. The Hall–Kier alpha value is -3.65. The molecule has 43 heavy (non-hydrogen) atoms. The molecule has 0 radical (unpaired) electrons. The number of likely N-dealkylation sites (tertiary alicyclic amines) is 1. The van der Waals surface area contributed by atoms with Gasteiger partial charge in [0.2, 0.25) is 0 Å². The maximum absolute atomic E-state index is 13.8. The summed E-state index contributed by atoms with van der Waals surface area (Å²) in [5.41, 5.74) is 6.15. The number of carbonyl (C=O) groups excluding carboxylic acids is 3. The summed E-state index contributed by atoms with van der Waals surface area (Å²) in [6.07, 6.45) is 0.300. The molecule has 4 heterocycles.